The average molecular weight is 306 g/mol. The van der Waals surface area contributed by atoms with Crippen LogP contribution in [0.5, 0.6) is 0 Å². The SMILES string of the molecule is Cc1ccc2c(c1C)-c1ccccc1-c1cccc3cccc-2c13. The lowest BCUT2D eigenvalue weighted by Gasteiger charge is -2.15. The van der Waals surface area contributed by atoms with E-state index < -0.39 is 0 Å². The molecular weight excluding hydrogens is 288 g/mol. The third-order valence-electron chi connectivity index (χ3n) is 5.42. The Morgan fingerprint density at radius 1 is 0.500 bits per heavy atom. The summed E-state index contributed by atoms with van der Waals surface area (Å²) in [6.07, 6.45) is 0. The summed E-state index contributed by atoms with van der Waals surface area (Å²) < 4.78 is 0. The van der Waals surface area contributed by atoms with Gasteiger partial charge in [0.25, 0.3) is 0 Å². The standard InChI is InChI=1S/C24H18/c1-15-13-14-22-21-12-6-8-17-7-5-11-20(24(17)21)18-9-3-4-10-19(18)23(22)16(15)2/h3-14H,1-2H3. The zero-order chi connectivity index (χ0) is 16.3. The second kappa shape index (κ2) is 4.82. The van der Waals surface area contributed by atoms with Crippen LogP contribution in [0.1, 0.15) is 11.1 Å². The van der Waals surface area contributed by atoms with E-state index in [4.69, 9.17) is 0 Å². The smallest absolute Gasteiger partial charge is 0.00264 e. The summed E-state index contributed by atoms with van der Waals surface area (Å²) in [5.74, 6) is 0. The summed E-state index contributed by atoms with van der Waals surface area (Å²) in [6, 6.07) is 26.7. The number of fused-ring (bicyclic) bond motifs is 5. The van der Waals surface area contributed by atoms with Crippen molar-refractivity contribution in [3.05, 3.63) is 83.9 Å². The van der Waals surface area contributed by atoms with Gasteiger partial charge in [0.1, 0.15) is 0 Å². The van der Waals surface area contributed by atoms with Gasteiger partial charge in [-0.25, -0.2) is 0 Å². The van der Waals surface area contributed by atoms with E-state index in [0.717, 1.165) is 0 Å². The summed E-state index contributed by atoms with van der Waals surface area (Å²) in [5, 5.41) is 2.68. The Balaban J connectivity index is 2.10. The van der Waals surface area contributed by atoms with Gasteiger partial charge >= 0.3 is 0 Å². The molecule has 0 saturated heterocycles. The minimum atomic E-state index is 1.31. The van der Waals surface area contributed by atoms with Crippen molar-refractivity contribution >= 4 is 10.8 Å². The first kappa shape index (κ1) is 13.6. The fourth-order valence-corrected chi connectivity index (χ4v) is 4.11. The van der Waals surface area contributed by atoms with Crippen molar-refractivity contribution in [2.24, 2.45) is 0 Å². The van der Waals surface area contributed by atoms with Crippen LogP contribution in [-0.2, 0) is 0 Å². The lowest BCUT2D eigenvalue weighted by atomic mass is 9.88. The van der Waals surface area contributed by atoms with Crippen LogP contribution < -0.4 is 0 Å². The highest BCUT2D eigenvalue weighted by molar-refractivity contribution is 6.13. The second-order valence-electron chi connectivity index (χ2n) is 6.68. The molecule has 0 fully saturated rings. The van der Waals surface area contributed by atoms with Crippen LogP contribution in [0.2, 0.25) is 0 Å². The Bertz CT molecular complexity index is 1110. The van der Waals surface area contributed by atoms with Gasteiger partial charge in [-0.2, -0.15) is 0 Å². The summed E-state index contributed by atoms with van der Waals surface area (Å²) in [5.41, 5.74) is 10.8. The van der Waals surface area contributed by atoms with Crippen LogP contribution in [0.4, 0.5) is 0 Å². The summed E-state index contributed by atoms with van der Waals surface area (Å²) in [6.45, 7) is 4.46. The quantitative estimate of drug-likeness (QED) is 0.296. The molecular formula is C24H18. The first-order valence-electron chi connectivity index (χ1n) is 8.48. The van der Waals surface area contributed by atoms with E-state index in [-0.39, 0.29) is 0 Å². The van der Waals surface area contributed by atoms with Crippen LogP contribution in [0, 0.1) is 13.8 Å². The van der Waals surface area contributed by atoms with E-state index in [9.17, 15) is 0 Å². The van der Waals surface area contributed by atoms with Crippen molar-refractivity contribution in [1.82, 2.24) is 0 Å². The molecule has 0 unspecified atom stereocenters. The highest BCUT2D eigenvalue weighted by Gasteiger charge is 2.22. The molecule has 0 atom stereocenters. The van der Waals surface area contributed by atoms with Gasteiger partial charge < -0.3 is 0 Å². The van der Waals surface area contributed by atoms with Gasteiger partial charge in [-0.15, -0.1) is 0 Å². The number of hydrogen-bond donors (Lipinski definition) is 0. The van der Waals surface area contributed by atoms with E-state index in [1.54, 1.807) is 0 Å². The molecule has 0 N–H and O–H groups in total. The van der Waals surface area contributed by atoms with Crippen LogP contribution >= 0.6 is 0 Å². The molecule has 5 rings (SSSR count). The number of hydrogen-bond acceptors (Lipinski definition) is 0. The molecule has 0 aromatic heterocycles. The first-order valence-corrected chi connectivity index (χ1v) is 8.48. The van der Waals surface area contributed by atoms with E-state index in [2.05, 4.69) is 86.6 Å². The third kappa shape index (κ3) is 1.68. The molecule has 0 aliphatic heterocycles. The van der Waals surface area contributed by atoms with Crippen LogP contribution in [-0.4, -0.2) is 0 Å². The lowest BCUT2D eigenvalue weighted by Crippen LogP contribution is -1.92. The maximum Gasteiger partial charge on any atom is -0.00264 e. The van der Waals surface area contributed by atoms with E-state index in [1.807, 2.05) is 0 Å². The number of benzene rings is 4. The van der Waals surface area contributed by atoms with Crippen molar-refractivity contribution in [1.29, 1.82) is 0 Å². The van der Waals surface area contributed by atoms with Gasteiger partial charge in [-0.1, -0.05) is 72.8 Å². The van der Waals surface area contributed by atoms with Gasteiger partial charge in [0.2, 0.25) is 0 Å². The molecule has 0 spiro atoms. The van der Waals surface area contributed by atoms with Gasteiger partial charge in [0.15, 0.2) is 0 Å². The Morgan fingerprint density at radius 3 is 1.88 bits per heavy atom. The van der Waals surface area contributed by atoms with Crippen molar-refractivity contribution in [2.75, 3.05) is 0 Å². The van der Waals surface area contributed by atoms with E-state index in [0.29, 0.717) is 0 Å². The van der Waals surface area contributed by atoms with Gasteiger partial charge in [-0.05, 0) is 69.1 Å². The molecule has 1 aliphatic rings. The van der Waals surface area contributed by atoms with Crippen LogP contribution in [0.3, 0.4) is 0 Å². The number of rotatable bonds is 0. The second-order valence-corrected chi connectivity index (χ2v) is 6.68. The average Bonchev–Trinajstić information content (AvgIpc) is 2.74. The highest BCUT2D eigenvalue weighted by atomic mass is 14.3. The Hall–Kier alpha value is -2.86. The minimum Gasteiger partial charge on any atom is -0.0616 e. The van der Waals surface area contributed by atoms with Gasteiger partial charge in [-0.3, -0.25) is 0 Å². The molecule has 24 heavy (non-hydrogen) atoms. The molecule has 0 heteroatoms. The van der Waals surface area contributed by atoms with Gasteiger partial charge in [0.05, 0.1) is 0 Å². The summed E-state index contributed by atoms with van der Waals surface area (Å²) >= 11 is 0. The third-order valence-corrected chi connectivity index (χ3v) is 5.42. The predicted molar refractivity (Wildman–Crippen MR) is 103 cm³/mol. The maximum atomic E-state index is 2.30. The first-order chi connectivity index (χ1) is 11.8. The molecule has 4 aromatic carbocycles. The predicted octanol–water partition coefficient (Wildman–Crippen LogP) is 6.77. The zero-order valence-electron chi connectivity index (χ0n) is 13.9. The Morgan fingerprint density at radius 2 is 1.12 bits per heavy atom. The monoisotopic (exact) mass is 306 g/mol. The molecule has 0 saturated carbocycles. The molecule has 0 radical (unpaired) electrons. The van der Waals surface area contributed by atoms with E-state index in [1.165, 1.54) is 55.3 Å². The normalized spacial score (nSPS) is 11.8. The molecule has 1 aliphatic carbocycles. The zero-order valence-corrected chi connectivity index (χ0v) is 13.9. The van der Waals surface area contributed by atoms with Crippen molar-refractivity contribution in [3.63, 3.8) is 0 Å². The molecule has 0 nitrogen and oxygen atoms in total. The fraction of sp³-hybridized carbons (Fsp3) is 0.0833. The van der Waals surface area contributed by atoms with Crippen LogP contribution in [0.25, 0.3) is 44.2 Å². The van der Waals surface area contributed by atoms with Crippen LogP contribution in [0.15, 0.2) is 72.8 Å². The minimum absolute atomic E-state index is 1.31. The van der Waals surface area contributed by atoms with Crippen molar-refractivity contribution in [3.8, 4) is 33.4 Å². The molecule has 114 valence electrons. The van der Waals surface area contributed by atoms with E-state index >= 15 is 0 Å². The molecule has 0 amide bonds. The topological polar surface area (TPSA) is 0 Å². The largest absolute Gasteiger partial charge is 0.0616 e. The molecule has 0 heterocycles. The summed E-state index contributed by atoms with van der Waals surface area (Å²) in [4.78, 5) is 0. The Kier molecular flexibility index (Phi) is 2.72. The van der Waals surface area contributed by atoms with Crippen molar-refractivity contribution < 1.29 is 0 Å². The highest BCUT2D eigenvalue weighted by Crippen LogP contribution is 2.48. The summed E-state index contributed by atoms with van der Waals surface area (Å²) in [7, 11) is 0. The molecule has 0 bridgehead atoms. The number of aryl methyl sites for hydroxylation is 1. The Labute approximate surface area is 142 Å². The van der Waals surface area contributed by atoms with Gasteiger partial charge in [0, 0.05) is 0 Å². The van der Waals surface area contributed by atoms with Crippen molar-refractivity contribution in [2.45, 2.75) is 13.8 Å². The maximum absolute atomic E-state index is 2.30. The lowest BCUT2D eigenvalue weighted by molar-refractivity contribution is 1.34. The fourth-order valence-electron chi connectivity index (χ4n) is 4.11. The molecule has 4 aromatic rings.